The van der Waals surface area contributed by atoms with E-state index in [4.69, 9.17) is 11.6 Å². The van der Waals surface area contributed by atoms with Gasteiger partial charge in [-0.25, -0.2) is 13.1 Å². The van der Waals surface area contributed by atoms with Crippen LogP contribution in [0.3, 0.4) is 0 Å². The monoisotopic (exact) mass is 314 g/mol. The third-order valence-electron chi connectivity index (χ3n) is 4.22. The Morgan fingerprint density at radius 3 is 2.90 bits per heavy atom. The molecule has 0 bridgehead atoms. The largest absolute Gasteiger partial charge is 0.295 e. The minimum atomic E-state index is -3.12. The number of benzene rings is 1. The summed E-state index contributed by atoms with van der Waals surface area (Å²) in [6.45, 7) is 1.72. The molecule has 1 saturated heterocycles. The van der Waals surface area contributed by atoms with Crippen LogP contribution in [0.2, 0.25) is 5.02 Å². The predicted octanol–water partition coefficient (Wildman–Crippen LogP) is 1.95. The molecule has 1 aliphatic heterocycles. The van der Waals surface area contributed by atoms with Gasteiger partial charge in [-0.2, -0.15) is 0 Å². The van der Waals surface area contributed by atoms with Crippen LogP contribution in [0.1, 0.15) is 30.0 Å². The first-order valence-electron chi connectivity index (χ1n) is 6.93. The smallest absolute Gasteiger partial charge is 0.208 e. The van der Waals surface area contributed by atoms with Gasteiger partial charge in [-0.05, 0) is 36.5 Å². The fourth-order valence-electron chi connectivity index (χ4n) is 3.44. The Balaban J connectivity index is 1.73. The number of halogens is 1. The highest BCUT2D eigenvalue weighted by atomic mass is 35.5. The molecule has 0 aromatic heterocycles. The van der Waals surface area contributed by atoms with E-state index < -0.39 is 10.0 Å². The summed E-state index contributed by atoms with van der Waals surface area (Å²) in [6.07, 6.45) is 4.19. The van der Waals surface area contributed by atoms with E-state index in [0.717, 1.165) is 37.4 Å². The van der Waals surface area contributed by atoms with Crippen LogP contribution < -0.4 is 4.72 Å². The van der Waals surface area contributed by atoms with Crippen molar-refractivity contribution in [1.29, 1.82) is 0 Å². The van der Waals surface area contributed by atoms with E-state index in [2.05, 4.69) is 15.7 Å². The lowest BCUT2D eigenvalue weighted by atomic mass is 10.1. The van der Waals surface area contributed by atoms with Gasteiger partial charge in [-0.3, -0.25) is 4.90 Å². The summed E-state index contributed by atoms with van der Waals surface area (Å²) in [6, 6.07) is 6.52. The average Bonchev–Trinajstić information content (AvgIpc) is 2.93. The lowest BCUT2D eigenvalue weighted by Crippen LogP contribution is -2.36. The number of nitrogens with zero attached hydrogens (tertiary/aromatic N) is 1. The van der Waals surface area contributed by atoms with E-state index in [1.807, 2.05) is 12.1 Å². The Bertz CT molecular complexity index is 618. The van der Waals surface area contributed by atoms with E-state index in [1.54, 1.807) is 0 Å². The third-order valence-corrected chi connectivity index (χ3v) is 5.34. The molecule has 0 saturated carbocycles. The molecule has 110 valence electrons. The Labute approximate surface area is 125 Å². The van der Waals surface area contributed by atoms with Crippen LogP contribution in [0.25, 0.3) is 0 Å². The summed E-state index contributed by atoms with van der Waals surface area (Å²) in [5.74, 6) is 0. The van der Waals surface area contributed by atoms with Crippen molar-refractivity contribution in [3.8, 4) is 0 Å². The quantitative estimate of drug-likeness (QED) is 0.927. The lowest BCUT2D eigenvalue weighted by Gasteiger charge is -2.25. The van der Waals surface area contributed by atoms with E-state index in [0.29, 0.717) is 6.04 Å². The van der Waals surface area contributed by atoms with Crippen LogP contribution >= 0.6 is 11.6 Å². The van der Waals surface area contributed by atoms with Crippen molar-refractivity contribution < 1.29 is 8.42 Å². The zero-order chi connectivity index (χ0) is 14.3. The average molecular weight is 315 g/mol. The van der Waals surface area contributed by atoms with Gasteiger partial charge in [0.1, 0.15) is 0 Å². The van der Waals surface area contributed by atoms with E-state index in [1.165, 1.54) is 17.4 Å². The summed E-state index contributed by atoms with van der Waals surface area (Å²) in [4.78, 5) is 2.38. The van der Waals surface area contributed by atoms with Gasteiger partial charge < -0.3 is 0 Å². The molecule has 0 amide bonds. The molecule has 1 aliphatic carbocycles. The Morgan fingerprint density at radius 1 is 1.35 bits per heavy atom. The van der Waals surface area contributed by atoms with Crippen LogP contribution in [0.15, 0.2) is 18.2 Å². The molecule has 20 heavy (non-hydrogen) atoms. The summed E-state index contributed by atoms with van der Waals surface area (Å²) in [5.41, 5.74) is 2.58. The summed E-state index contributed by atoms with van der Waals surface area (Å²) in [5, 5.41) is 0.856. The highest BCUT2D eigenvalue weighted by Gasteiger charge is 2.34. The molecule has 0 spiro atoms. The molecule has 1 aromatic rings. The fraction of sp³-hybridized carbons (Fsp3) is 0.571. The molecule has 3 rings (SSSR count). The highest BCUT2D eigenvalue weighted by Crippen LogP contribution is 2.40. The number of rotatable bonds is 3. The Morgan fingerprint density at radius 2 is 2.15 bits per heavy atom. The SMILES string of the molecule is CS(=O)(=O)N[C@H]1CCN([C@H]2CCc3c(Cl)cccc32)C1. The van der Waals surface area contributed by atoms with Gasteiger partial charge in [0.15, 0.2) is 0 Å². The van der Waals surface area contributed by atoms with E-state index in [9.17, 15) is 8.42 Å². The molecule has 0 radical (unpaired) electrons. The van der Waals surface area contributed by atoms with Gasteiger partial charge in [0.25, 0.3) is 0 Å². The number of hydrogen-bond donors (Lipinski definition) is 1. The molecular weight excluding hydrogens is 296 g/mol. The second-order valence-electron chi connectivity index (χ2n) is 5.73. The first-order chi connectivity index (χ1) is 9.44. The second-order valence-corrected chi connectivity index (χ2v) is 7.92. The van der Waals surface area contributed by atoms with Gasteiger partial charge in [0.2, 0.25) is 10.0 Å². The molecule has 2 atom stereocenters. The minimum absolute atomic E-state index is 0.0354. The van der Waals surface area contributed by atoms with Gasteiger partial charge in [-0.1, -0.05) is 23.7 Å². The van der Waals surface area contributed by atoms with Gasteiger partial charge in [0.05, 0.1) is 6.26 Å². The van der Waals surface area contributed by atoms with E-state index >= 15 is 0 Å². The topological polar surface area (TPSA) is 49.4 Å². The van der Waals surface area contributed by atoms with Crippen molar-refractivity contribution in [2.75, 3.05) is 19.3 Å². The molecule has 1 heterocycles. The number of likely N-dealkylation sites (tertiary alicyclic amines) is 1. The van der Waals surface area contributed by atoms with Crippen LogP contribution in [0, 0.1) is 0 Å². The van der Waals surface area contributed by atoms with Crippen molar-refractivity contribution in [3.05, 3.63) is 34.3 Å². The van der Waals surface area contributed by atoms with Crippen LogP contribution in [0.4, 0.5) is 0 Å². The van der Waals surface area contributed by atoms with Crippen LogP contribution in [0.5, 0.6) is 0 Å². The van der Waals surface area contributed by atoms with Crippen molar-refractivity contribution in [2.24, 2.45) is 0 Å². The zero-order valence-electron chi connectivity index (χ0n) is 11.5. The van der Waals surface area contributed by atoms with Crippen molar-refractivity contribution in [1.82, 2.24) is 9.62 Å². The second kappa shape index (κ2) is 5.30. The van der Waals surface area contributed by atoms with Gasteiger partial charge in [-0.15, -0.1) is 0 Å². The molecule has 4 nitrogen and oxygen atoms in total. The first kappa shape index (κ1) is 14.3. The van der Waals surface area contributed by atoms with Crippen LogP contribution in [-0.2, 0) is 16.4 Å². The number of sulfonamides is 1. The predicted molar refractivity (Wildman–Crippen MR) is 80.5 cm³/mol. The maximum atomic E-state index is 11.3. The van der Waals surface area contributed by atoms with E-state index in [-0.39, 0.29) is 6.04 Å². The Hall–Kier alpha value is -0.620. The molecule has 0 unspecified atom stereocenters. The van der Waals surface area contributed by atoms with Gasteiger partial charge >= 0.3 is 0 Å². The molecule has 2 aliphatic rings. The lowest BCUT2D eigenvalue weighted by molar-refractivity contribution is 0.241. The standard InChI is InChI=1S/C14H19ClN2O2S/c1-20(18,19)16-10-7-8-17(9-10)14-6-5-11-12(14)3-2-4-13(11)15/h2-4,10,14,16H,5-9H2,1H3/t10-,14-/m0/s1. The van der Waals surface area contributed by atoms with Crippen molar-refractivity contribution in [2.45, 2.75) is 31.3 Å². The summed E-state index contributed by atoms with van der Waals surface area (Å²) in [7, 11) is -3.12. The number of hydrogen-bond acceptors (Lipinski definition) is 3. The molecule has 1 aromatic carbocycles. The van der Waals surface area contributed by atoms with Crippen LogP contribution in [-0.4, -0.2) is 38.7 Å². The summed E-state index contributed by atoms with van der Waals surface area (Å²) < 4.78 is 25.3. The number of fused-ring (bicyclic) bond motifs is 1. The number of nitrogens with one attached hydrogen (secondary N) is 1. The third kappa shape index (κ3) is 2.86. The summed E-state index contributed by atoms with van der Waals surface area (Å²) >= 11 is 6.25. The molecule has 1 fully saturated rings. The van der Waals surface area contributed by atoms with Crippen molar-refractivity contribution in [3.63, 3.8) is 0 Å². The molecule has 1 N–H and O–H groups in total. The molecular formula is C14H19ClN2O2S. The fourth-order valence-corrected chi connectivity index (χ4v) is 4.51. The maximum Gasteiger partial charge on any atom is 0.208 e. The highest BCUT2D eigenvalue weighted by molar-refractivity contribution is 7.88. The maximum absolute atomic E-state index is 11.3. The molecule has 6 heteroatoms. The van der Waals surface area contributed by atoms with Gasteiger partial charge in [0, 0.05) is 30.2 Å². The first-order valence-corrected chi connectivity index (χ1v) is 9.19. The normalized spacial score (nSPS) is 26.9. The zero-order valence-corrected chi connectivity index (χ0v) is 13.0. The Kier molecular flexibility index (Phi) is 3.79. The minimum Gasteiger partial charge on any atom is -0.295 e. The van der Waals surface area contributed by atoms with Crippen molar-refractivity contribution >= 4 is 21.6 Å².